The van der Waals surface area contributed by atoms with Gasteiger partial charge in [-0.3, -0.25) is 0 Å². The molecule has 0 bridgehead atoms. The van der Waals surface area contributed by atoms with E-state index in [9.17, 15) is 5.26 Å². The molecule has 3 aromatic rings. The van der Waals surface area contributed by atoms with Crippen molar-refractivity contribution < 1.29 is 0 Å². The van der Waals surface area contributed by atoms with Crippen molar-refractivity contribution in [2.45, 2.75) is 13.8 Å². The number of aromatic nitrogens is 4. The van der Waals surface area contributed by atoms with Crippen LogP contribution in [0.3, 0.4) is 0 Å². The van der Waals surface area contributed by atoms with E-state index in [4.69, 9.17) is 12.2 Å². The molecule has 0 amide bonds. The molecule has 0 aliphatic heterocycles. The first-order valence-electron chi connectivity index (χ1n) is 6.83. The van der Waals surface area contributed by atoms with Crippen LogP contribution in [0.4, 0.5) is 0 Å². The monoisotopic (exact) mass is 385 g/mol. The normalized spacial score (nSPS) is 10.5. The molecule has 0 aliphatic carbocycles. The highest BCUT2D eigenvalue weighted by atomic mass is 79.9. The molecule has 0 aliphatic rings. The first-order valence-corrected chi connectivity index (χ1v) is 8.03. The van der Waals surface area contributed by atoms with Crippen LogP contribution in [0.25, 0.3) is 17.1 Å². The average Bonchev–Trinajstić information content (AvgIpc) is 2.85. The molecule has 0 saturated heterocycles. The topological polar surface area (TPSA) is 70.3 Å². The zero-order valence-corrected chi connectivity index (χ0v) is 14.9. The number of nitrogens with zero attached hydrogens (tertiary/aromatic N) is 4. The fourth-order valence-electron chi connectivity index (χ4n) is 2.40. The first-order chi connectivity index (χ1) is 11.0. The zero-order chi connectivity index (χ0) is 16.6. The Bertz CT molecular complexity index is 979. The molecule has 1 aromatic carbocycles. The average molecular weight is 386 g/mol. The summed E-state index contributed by atoms with van der Waals surface area (Å²) in [4.78, 5) is 7.34. The van der Waals surface area contributed by atoms with Gasteiger partial charge in [-0.05, 0) is 49.8 Å². The molecule has 2 aromatic heterocycles. The largest absolute Gasteiger partial charge is 0.329 e. The minimum atomic E-state index is 0.310. The smallest absolute Gasteiger partial charge is 0.199 e. The number of halogens is 1. The van der Waals surface area contributed by atoms with Crippen molar-refractivity contribution >= 4 is 28.1 Å². The minimum absolute atomic E-state index is 0.310. The van der Waals surface area contributed by atoms with Crippen LogP contribution < -0.4 is 0 Å². The first kappa shape index (κ1) is 15.6. The molecule has 0 unspecified atom stereocenters. The molecular formula is C16H12BrN5S. The predicted molar refractivity (Wildman–Crippen MR) is 93.9 cm³/mol. The molecule has 7 heteroatoms. The summed E-state index contributed by atoms with van der Waals surface area (Å²) in [6.45, 7) is 3.82. The SMILES string of the molecule is Cc1cc(C)n(-c2nc(=S)[nH]c(-c3ccc(Br)cc3)c2C#N)n1. The maximum atomic E-state index is 9.67. The van der Waals surface area contributed by atoms with Gasteiger partial charge in [-0.25, -0.2) is 4.68 Å². The third kappa shape index (κ3) is 2.96. The van der Waals surface area contributed by atoms with Gasteiger partial charge in [0, 0.05) is 10.2 Å². The Balaban J connectivity index is 2.31. The second-order valence-electron chi connectivity index (χ2n) is 5.07. The third-order valence-electron chi connectivity index (χ3n) is 3.37. The van der Waals surface area contributed by atoms with Crippen LogP contribution in [0.1, 0.15) is 17.0 Å². The summed E-state index contributed by atoms with van der Waals surface area (Å²) in [6.07, 6.45) is 0. The molecule has 2 heterocycles. The molecule has 3 rings (SSSR count). The Kier molecular flexibility index (Phi) is 4.11. The lowest BCUT2D eigenvalue weighted by molar-refractivity contribution is 0.795. The number of hydrogen-bond acceptors (Lipinski definition) is 4. The standard InChI is InChI=1S/C16H12BrN5S/c1-9-7-10(2)22(21-9)15-13(8-18)14(19-16(23)20-15)11-3-5-12(17)6-4-11/h3-7H,1-2H3,(H,19,20,23). The van der Waals surface area contributed by atoms with E-state index in [1.165, 1.54) is 0 Å². The van der Waals surface area contributed by atoms with Crippen LogP contribution in [-0.4, -0.2) is 19.7 Å². The fourth-order valence-corrected chi connectivity index (χ4v) is 2.85. The lowest BCUT2D eigenvalue weighted by Crippen LogP contribution is -2.08. The Morgan fingerprint density at radius 3 is 2.52 bits per heavy atom. The molecule has 0 fully saturated rings. The van der Waals surface area contributed by atoms with Gasteiger partial charge >= 0.3 is 0 Å². The maximum absolute atomic E-state index is 9.67. The Morgan fingerprint density at radius 1 is 1.26 bits per heavy atom. The van der Waals surface area contributed by atoms with Crippen molar-refractivity contribution in [3.63, 3.8) is 0 Å². The predicted octanol–water partition coefficient (Wildman–Crippen LogP) is 4.24. The molecule has 0 atom stereocenters. The van der Waals surface area contributed by atoms with Crippen LogP contribution in [0.2, 0.25) is 0 Å². The van der Waals surface area contributed by atoms with Crippen LogP contribution in [0.5, 0.6) is 0 Å². The number of nitrogens with one attached hydrogen (secondary N) is 1. The Morgan fingerprint density at radius 2 is 1.96 bits per heavy atom. The van der Waals surface area contributed by atoms with Crippen LogP contribution in [0, 0.1) is 29.9 Å². The van der Waals surface area contributed by atoms with Gasteiger partial charge in [0.2, 0.25) is 0 Å². The molecular weight excluding hydrogens is 374 g/mol. The number of aryl methyl sites for hydroxylation is 2. The van der Waals surface area contributed by atoms with Crippen molar-refractivity contribution in [1.82, 2.24) is 19.7 Å². The second kappa shape index (κ2) is 6.07. The molecule has 1 N–H and O–H groups in total. The fraction of sp³-hybridized carbons (Fsp3) is 0.125. The van der Waals surface area contributed by atoms with Gasteiger partial charge in [0.25, 0.3) is 0 Å². The molecule has 23 heavy (non-hydrogen) atoms. The van der Waals surface area contributed by atoms with Crippen molar-refractivity contribution in [1.29, 1.82) is 5.26 Å². The Labute approximate surface area is 146 Å². The van der Waals surface area contributed by atoms with Gasteiger partial charge in [-0.1, -0.05) is 28.1 Å². The van der Waals surface area contributed by atoms with Gasteiger partial charge in [0.1, 0.15) is 11.6 Å². The van der Waals surface area contributed by atoms with E-state index in [0.29, 0.717) is 21.8 Å². The van der Waals surface area contributed by atoms with Crippen LogP contribution in [-0.2, 0) is 0 Å². The summed E-state index contributed by atoms with van der Waals surface area (Å²) in [6, 6.07) is 11.8. The highest BCUT2D eigenvalue weighted by molar-refractivity contribution is 9.10. The number of H-pyrrole nitrogens is 1. The van der Waals surface area contributed by atoms with E-state index in [1.807, 2.05) is 44.2 Å². The number of rotatable bonds is 2. The number of hydrogen-bond donors (Lipinski definition) is 1. The zero-order valence-electron chi connectivity index (χ0n) is 12.5. The Hall–Kier alpha value is -2.30. The van der Waals surface area contributed by atoms with E-state index in [1.54, 1.807) is 4.68 Å². The van der Waals surface area contributed by atoms with Gasteiger partial charge in [-0.15, -0.1) is 0 Å². The lowest BCUT2D eigenvalue weighted by atomic mass is 10.1. The van der Waals surface area contributed by atoms with Crippen LogP contribution in [0.15, 0.2) is 34.8 Å². The summed E-state index contributed by atoms with van der Waals surface area (Å²) in [5, 5.41) is 14.1. The maximum Gasteiger partial charge on any atom is 0.199 e. The quantitative estimate of drug-likeness (QED) is 0.669. The van der Waals surface area contributed by atoms with Gasteiger partial charge in [0.15, 0.2) is 10.6 Å². The molecule has 0 spiro atoms. The van der Waals surface area contributed by atoms with Crippen molar-refractivity contribution in [2.24, 2.45) is 0 Å². The van der Waals surface area contributed by atoms with E-state index < -0.39 is 0 Å². The van der Waals surface area contributed by atoms with Gasteiger partial charge < -0.3 is 4.98 Å². The lowest BCUT2D eigenvalue weighted by Gasteiger charge is -2.10. The van der Waals surface area contributed by atoms with Gasteiger partial charge in [0.05, 0.1) is 11.4 Å². The highest BCUT2D eigenvalue weighted by Gasteiger charge is 2.16. The van der Waals surface area contributed by atoms with Crippen molar-refractivity contribution in [3.05, 3.63) is 56.5 Å². The summed E-state index contributed by atoms with van der Waals surface area (Å²) in [5.41, 5.74) is 3.67. The summed E-state index contributed by atoms with van der Waals surface area (Å²) >= 11 is 8.65. The highest BCUT2D eigenvalue weighted by Crippen LogP contribution is 2.26. The molecule has 5 nitrogen and oxygen atoms in total. The minimum Gasteiger partial charge on any atom is -0.329 e. The number of aromatic amines is 1. The number of benzene rings is 1. The second-order valence-corrected chi connectivity index (χ2v) is 6.38. The molecule has 0 radical (unpaired) electrons. The van der Waals surface area contributed by atoms with Crippen LogP contribution >= 0.6 is 28.1 Å². The summed E-state index contributed by atoms with van der Waals surface area (Å²) in [7, 11) is 0. The van der Waals surface area contributed by atoms with Crippen molar-refractivity contribution in [3.8, 4) is 23.1 Å². The molecule has 0 saturated carbocycles. The van der Waals surface area contributed by atoms with Crippen molar-refractivity contribution in [2.75, 3.05) is 0 Å². The summed E-state index contributed by atoms with van der Waals surface area (Å²) < 4.78 is 2.93. The van der Waals surface area contributed by atoms with E-state index in [2.05, 4.69) is 37.1 Å². The van der Waals surface area contributed by atoms with E-state index >= 15 is 0 Å². The van der Waals surface area contributed by atoms with E-state index in [-0.39, 0.29) is 0 Å². The molecule has 114 valence electrons. The van der Waals surface area contributed by atoms with E-state index in [0.717, 1.165) is 21.4 Å². The number of nitriles is 1. The summed E-state index contributed by atoms with van der Waals surface area (Å²) in [5.74, 6) is 0.444. The third-order valence-corrected chi connectivity index (χ3v) is 4.09. The van der Waals surface area contributed by atoms with Gasteiger partial charge in [-0.2, -0.15) is 15.3 Å².